The second-order valence-corrected chi connectivity index (χ2v) is 4.42. The molecule has 0 aliphatic rings. The van der Waals surface area contributed by atoms with E-state index in [2.05, 4.69) is 20.3 Å². The highest BCUT2D eigenvalue weighted by Crippen LogP contribution is 2.28. The van der Waals surface area contributed by atoms with E-state index in [0.717, 1.165) is 12.5 Å². The van der Waals surface area contributed by atoms with Crippen LogP contribution in [-0.4, -0.2) is 21.6 Å². The highest BCUT2D eigenvalue weighted by molar-refractivity contribution is 6.33. The zero-order chi connectivity index (χ0) is 15.4. The Balaban J connectivity index is 2.29. The van der Waals surface area contributed by atoms with Gasteiger partial charge in [0.25, 0.3) is 0 Å². The van der Waals surface area contributed by atoms with Gasteiger partial charge in [0.1, 0.15) is 5.82 Å². The minimum absolute atomic E-state index is 0.00509. The zero-order valence-corrected chi connectivity index (χ0v) is 11.8. The minimum atomic E-state index is -0.880. The molecular formula is C12H12ClF2N5O. The summed E-state index contributed by atoms with van der Waals surface area (Å²) >= 11 is 5.77. The molecule has 1 aromatic heterocycles. The second kappa shape index (κ2) is 6.49. The van der Waals surface area contributed by atoms with Crippen LogP contribution in [0.2, 0.25) is 5.02 Å². The molecular weight excluding hydrogens is 304 g/mol. The highest BCUT2D eigenvalue weighted by atomic mass is 35.5. The van der Waals surface area contributed by atoms with Crippen LogP contribution in [0.15, 0.2) is 12.1 Å². The van der Waals surface area contributed by atoms with Gasteiger partial charge in [-0.25, -0.2) is 8.78 Å². The molecule has 0 unspecified atom stereocenters. The van der Waals surface area contributed by atoms with Crippen molar-refractivity contribution in [3.63, 3.8) is 0 Å². The fraction of sp³-hybridized carbons (Fsp3) is 0.250. The van der Waals surface area contributed by atoms with Crippen molar-refractivity contribution in [1.82, 2.24) is 15.0 Å². The van der Waals surface area contributed by atoms with Gasteiger partial charge in [0.05, 0.1) is 17.3 Å². The van der Waals surface area contributed by atoms with E-state index >= 15 is 0 Å². The van der Waals surface area contributed by atoms with Crippen LogP contribution in [-0.2, 0) is 0 Å². The van der Waals surface area contributed by atoms with E-state index in [1.54, 1.807) is 0 Å². The standard InChI is InChI=1S/C12H12ClF2N5O/c1-2-3-21-12-19-10(16)18-11(20-12)17-9-7(13)4-6(14)5-8(9)15/h4-5H,2-3H2,1H3,(H3,16,17,18,19,20). The minimum Gasteiger partial charge on any atom is -0.463 e. The largest absolute Gasteiger partial charge is 0.463 e. The lowest BCUT2D eigenvalue weighted by molar-refractivity contribution is 0.292. The van der Waals surface area contributed by atoms with Gasteiger partial charge in [0.15, 0.2) is 5.82 Å². The number of nitrogens with one attached hydrogen (secondary N) is 1. The molecule has 0 fully saturated rings. The Morgan fingerprint density at radius 2 is 2.05 bits per heavy atom. The van der Waals surface area contributed by atoms with Gasteiger partial charge in [0, 0.05) is 6.07 Å². The number of anilines is 3. The molecule has 2 aromatic rings. The molecule has 0 saturated heterocycles. The van der Waals surface area contributed by atoms with E-state index in [1.807, 2.05) is 6.92 Å². The van der Waals surface area contributed by atoms with Crippen LogP contribution >= 0.6 is 11.6 Å². The number of nitrogens with zero attached hydrogens (tertiary/aromatic N) is 3. The summed E-state index contributed by atoms with van der Waals surface area (Å²) in [6.45, 7) is 2.31. The van der Waals surface area contributed by atoms with E-state index < -0.39 is 11.6 Å². The third-order valence-corrected chi connectivity index (χ3v) is 2.61. The quantitative estimate of drug-likeness (QED) is 0.882. The van der Waals surface area contributed by atoms with E-state index in [0.29, 0.717) is 12.7 Å². The lowest BCUT2D eigenvalue weighted by Gasteiger charge is -2.10. The summed E-state index contributed by atoms with van der Waals surface area (Å²) in [6, 6.07) is 1.66. The Morgan fingerprint density at radius 1 is 1.29 bits per heavy atom. The monoisotopic (exact) mass is 315 g/mol. The maximum absolute atomic E-state index is 13.7. The molecule has 1 heterocycles. The van der Waals surface area contributed by atoms with E-state index in [-0.39, 0.29) is 28.6 Å². The molecule has 0 aliphatic heterocycles. The van der Waals surface area contributed by atoms with Gasteiger partial charge in [-0.05, 0) is 12.5 Å². The topological polar surface area (TPSA) is 86.0 Å². The van der Waals surface area contributed by atoms with Crippen molar-refractivity contribution in [1.29, 1.82) is 0 Å². The zero-order valence-electron chi connectivity index (χ0n) is 11.0. The third kappa shape index (κ3) is 3.88. The smallest absolute Gasteiger partial charge is 0.323 e. The van der Waals surface area contributed by atoms with Gasteiger partial charge in [-0.3, -0.25) is 0 Å². The van der Waals surface area contributed by atoms with Crippen molar-refractivity contribution in [2.45, 2.75) is 13.3 Å². The van der Waals surface area contributed by atoms with Gasteiger partial charge in [-0.1, -0.05) is 18.5 Å². The lowest BCUT2D eigenvalue weighted by Crippen LogP contribution is -2.08. The summed E-state index contributed by atoms with van der Waals surface area (Å²) in [4.78, 5) is 11.5. The molecule has 0 radical (unpaired) electrons. The first kappa shape index (κ1) is 15.2. The number of halogens is 3. The predicted molar refractivity (Wildman–Crippen MR) is 74.7 cm³/mol. The number of hydrogen-bond donors (Lipinski definition) is 2. The molecule has 9 heteroatoms. The first-order chi connectivity index (χ1) is 9.99. The second-order valence-electron chi connectivity index (χ2n) is 4.02. The molecule has 0 spiro atoms. The lowest BCUT2D eigenvalue weighted by atomic mass is 10.3. The van der Waals surface area contributed by atoms with E-state index in [4.69, 9.17) is 22.1 Å². The summed E-state index contributed by atoms with van der Waals surface area (Å²) in [6.07, 6.45) is 0.757. The van der Waals surface area contributed by atoms with E-state index in [9.17, 15) is 8.78 Å². The average Bonchev–Trinajstić information content (AvgIpc) is 2.40. The van der Waals surface area contributed by atoms with Gasteiger partial charge in [-0.2, -0.15) is 15.0 Å². The Kier molecular flexibility index (Phi) is 4.69. The number of rotatable bonds is 5. The van der Waals surface area contributed by atoms with Crippen LogP contribution in [0.3, 0.4) is 0 Å². The van der Waals surface area contributed by atoms with Crippen molar-refractivity contribution in [3.05, 3.63) is 28.8 Å². The maximum Gasteiger partial charge on any atom is 0.323 e. The Hall–Kier alpha value is -2.22. The molecule has 6 nitrogen and oxygen atoms in total. The number of nitrogen functional groups attached to an aromatic ring is 1. The van der Waals surface area contributed by atoms with Gasteiger partial charge >= 0.3 is 6.01 Å². The van der Waals surface area contributed by atoms with Crippen LogP contribution in [0, 0.1) is 11.6 Å². The Labute approximate surface area is 124 Å². The molecule has 2 rings (SSSR count). The van der Waals surface area contributed by atoms with Crippen LogP contribution < -0.4 is 15.8 Å². The highest BCUT2D eigenvalue weighted by Gasteiger charge is 2.13. The summed E-state index contributed by atoms with van der Waals surface area (Å²) in [5.74, 6) is -1.82. The van der Waals surface area contributed by atoms with Crippen molar-refractivity contribution in [2.75, 3.05) is 17.7 Å². The maximum atomic E-state index is 13.7. The first-order valence-corrected chi connectivity index (χ1v) is 6.43. The van der Waals surface area contributed by atoms with Gasteiger partial charge in [-0.15, -0.1) is 0 Å². The molecule has 3 N–H and O–H groups in total. The van der Waals surface area contributed by atoms with E-state index in [1.165, 1.54) is 0 Å². The third-order valence-electron chi connectivity index (χ3n) is 2.31. The summed E-state index contributed by atoms with van der Waals surface area (Å²) in [5.41, 5.74) is 5.35. The van der Waals surface area contributed by atoms with Crippen LogP contribution in [0.4, 0.5) is 26.4 Å². The molecule has 0 bridgehead atoms. The predicted octanol–water partition coefficient (Wildman–Crippen LogP) is 2.92. The van der Waals surface area contributed by atoms with Crippen LogP contribution in [0.25, 0.3) is 0 Å². The normalized spacial score (nSPS) is 10.5. The molecule has 21 heavy (non-hydrogen) atoms. The number of nitrogens with two attached hydrogens (primary N) is 1. The Bertz CT molecular complexity index is 633. The summed E-state index contributed by atoms with van der Waals surface area (Å²) in [7, 11) is 0. The Morgan fingerprint density at radius 3 is 2.71 bits per heavy atom. The van der Waals surface area contributed by atoms with Crippen LogP contribution in [0.5, 0.6) is 6.01 Å². The molecule has 0 atom stereocenters. The van der Waals surface area contributed by atoms with Gasteiger partial charge in [0.2, 0.25) is 11.9 Å². The SMILES string of the molecule is CCCOc1nc(N)nc(Nc2c(F)cc(F)cc2Cl)n1. The van der Waals surface area contributed by atoms with Crippen molar-refractivity contribution < 1.29 is 13.5 Å². The number of ether oxygens (including phenoxy) is 1. The fourth-order valence-electron chi connectivity index (χ4n) is 1.46. The summed E-state index contributed by atoms with van der Waals surface area (Å²) in [5, 5.41) is 2.38. The first-order valence-electron chi connectivity index (χ1n) is 6.05. The molecule has 0 aliphatic carbocycles. The van der Waals surface area contributed by atoms with Gasteiger partial charge < -0.3 is 15.8 Å². The number of hydrogen-bond acceptors (Lipinski definition) is 6. The molecule has 112 valence electrons. The fourth-order valence-corrected chi connectivity index (χ4v) is 1.70. The molecule has 0 saturated carbocycles. The molecule has 0 amide bonds. The van der Waals surface area contributed by atoms with Crippen molar-refractivity contribution in [2.24, 2.45) is 0 Å². The van der Waals surface area contributed by atoms with Crippen molar-refractivity contribution in [3.8, 4) is 6.01 Å². The van der Waals surface area contributed by atoms with Crippen LogP contribution in [0.1, 0.15) is 13.3 Å². The van der Waals surface area contributed by atoms with Crippen molar-refractivity contribution >= 4 is 29.2 Å². The number of aromatic nitrogens is 3. The molecule has 1 aromatic carbocycles. The summed E-state index contributed by atoms with van der Waals surface area (Å²) < 4.78 is 31.9. The number of benzene rings is 1. The average molecular weight is 316 g/mol.